The summed E-state index contributed by atoms with van der Waals surface area (Å²) < 4.78 is 39.7. The second-order valence-electron chi connectivity index (χ2n) is 3.95. The molecule has 0 bridgehead atoms. The van der Waals surface area contributed by atoms with Gasteiger partial charge >= 0.3 is 0 Å². The molecule has 0 saturated heterocycles. The maximum atomic E-state index is 12.7. The molecule has 0 spiro atoms. The maximum absolute atomic E-state index is 12.7. The summed E-state index contributed by atoms with van der Waals surface area (Å²) in [6.45, 7) is 1.86. The van der Waals surface area contributed by atoms with E-state index in [9.17, 15) is 12.8 Å². The number of hydrogen-bond acceptors (Lipinski definition) is 3. The Hall–Kier alpha value is -2.08. The van der Waals surface area contributed by atoms with E-state index in [4.69, 9.17) is 0 Å². The van der Waals surface area contributed by atoms with Crippen molar-refractivity contribution < 1.29 is 12.8 Å². The van der Waals surface area contributed by atoms with E-state index < -0.39 is 15.8 Å². The van der Waals surface area contributed by atoms with Crippen LogP contribution in [-0.4, -0.2) is 8.42 Å². The predicted molar refractivity (Wildman–Crippen MR) is 69.3 cm³/mol. The lowest BCUT2D eigenvalue weighted by atomic mass is 10.2. The van der Waals surface area contributed by atoms with Gasteiger partial charge in [0.2, 0.25) is 0 Å². The van der Waals surface area contributed by atoms with E-state index >= 15 is 0 Å². The number of sulfonamides is 1. The fraction of sp³-hybridized carbons (Fsp3) is 0.0769. The van der Waals surface area contributed by atoms with Crippen LogP contribution in [0.2, 0.25) is 0 Å². The van der Waals surface area contributed by atoms with Gasteiger partial charge in [-0.3, -0.25) is 0 Å². The average Bonchev–Trinajstić information content (AvgIpc) is 2.39. The van der Waals surface area contributed by atoms with Gasteiger partial charge in [0.15, 0.2) is 0 Å². The first-order chi connectivity index (χ1) is 8.97. The Kier molecular flexibility index (Phi) is 3.71. The molecular formula is C13H11FN2O2S. The van der Waals surface area contributed by atoms with E-state index in [1.54, 1.807) is 12.1 Å². The summed E-state index contributed by atoms with van der Waals surface area (Å²) in [5.74, 6) is -0.416. The fourth-order valence-electron chi connectivity index (χ4n) is 1.37. The van der Waals surface area contributed by atoms with Crippen molar-refractivity contribution in [2.75, 3.05) is 0 Å². The van der Waals surface area contributed by atoms with E-state index in [0.717, 1.165) is 5.56 Å². The Morgan fingerprint density at radius 1 is 0.947 bits per heavy atom. The first-order valence-corrected chi connectivity index (χ1v) is 6.92. The molecule has 0 aliphatic carbocycles. The van der Waals surface area contributed by atoms with Crippen LogP contribution in [0.3, 0.4) is 0 Å². The number of nitrogens with zero attached hydrogens (tertiary/aromatic N) is 2. The molecule has 0 heterocycles. The summed E-state index contributed by atoms with van der Waals surface area (Å²) in [6.07, 6.45) is 0. The molecule has 2 rings (SSSR count). The molecule has 98 valence electrons. The molecule has 0 aliphatic rings. The van der Waals surface area contributed by atoms with Crippen molar-refractivity contribution in [2.45, 2.75) is 11.8 Å². The van der Waals surface area contributed by atoms with Crippen LogP contribution < -0.4 is 0 Å². The minimum Gasteiger partial charge on any atom is -0.207 e. The van der Waals surface area contributed by atoms with E-state index in [-0.39, 0.29) is 10.6 Å². The van der Waals surface area contributed by atoms with Crippen LogP contribution in [0.4, 0.5) is 10.1 Å². The minimum atomic E-state index is -3.82. The molecule has 0 aliphatic heterocycles. The van der Waals surface area contributed by atoms with E-state index in [0.29, 0.717) is 0 Å². The monoisotopic (exact) mass is 278 g/mol. The van der Waals surface area contributed by atoms with Gasteiger partial charge in [-0.25, -0.2) is 4.39 Å². The van der Waals surface area contributed by atoms with Crippen molar-refractivity contribution in [3.63, 3.8) is 0 Å². The van der Waals surface area contributed by atoms with Gasteiger partial charge in [0.1, 0.15) is 5.82 Å². The molecule has 0 radical (unpaired) electrons. The Labute approximate surface area is 110 Å². The highest BCUT2D eigenvalue weighted by molar-refractivity contribution is 7.90. The largest absolute Gasteiger partial charge is 0.299 e. The van der Waals surface area contributed by atoms with Crippen LogP contribution in [0.1, 0.15) is 5.56 Å². The molecule has 6 heteroatoms. The van der Waals surface area contributed by atoms with E-state index in [1.807, 2.05) is 6.92 Å². The van der Waals surface area contributed by atoms with Gasteiger partial charge in [-0.05, 0) is 43.3 Å². The van der Waals surface area contributed by atoms with E-state index in [1.165, 1.54) is 36.4 Å². The van der Waals surface area contributed by atoms with Gasteiger partial charge in [0, 0.05) is 0 Å². The lowest BCUT2D eigenvalue weighted by Crippen LogP contribution is -1.95. The topological polar surface area (TPSA) is 58.9 Å². The molecule has 2 aromatic carbocycles. The third-order valence-electron chi connectivity index (χ3n) is 2.41. The van der Waals surface area contributed by atoms with Crippen molar-refractivity contribution in [2.24, 2.45) is 9.63 Å². The summed E-state index contributed by atoms with van der Waals surface area (Å²) in [5.41, 5.74) is 1.23. The third-order valence-corrected chi connectivity index (χ3v) is 3.57. The molecular weight excluding hydrogens is 267 g/mol. The van der Waals surface area contributed by atoms with Crippen LogP contribution in [-0.2, 0) is 10.0 Å². The quantitative estimate of drug-likeness (QED) is 0.805. The molecule has 4 nitrogen and oxygen atoms in total. The summed E-state index contributed by atoms with van der Waals surface area (Å²) in [5, 5.41) is 3.59. The number of benzene rings is 2. The zero-order valence-corrected chi connectivity index (χ0v) is 10.9. The second kappa shape index (κ2) is 5.27. The first kappa shape index (κ1) is 13.4. The van der Waals surface area contributed by atoms with Crippen LogP contribution in [0, 0.1) is 12.7 Å². The average molecular weight is 278 g/mol. The Morgan fingerprint density at radius 2 is 1.53 bits per heavy atom. The summed E-state index contributed by atoms with van der Waals surface area (Å²) >= 11 is 0. The molecule has 0 saturated carbocycles. The molecule has 0 amide bonds. The highest BCUT2D eigenvalue weighted by atomic mass is 32.2. The SMILES string of the molecule is Cc1ccc(S(=O)(=O)N=Nc2ccc(F)cc2)cc1. The molecule has 0 unspecified atom stereocenters. The molecule has 2 aromatic rings. The number of aryl methyl sites for hydroxylation is 1. The van der Waals surface area contributed by atoms with Crippen molar-refractivity contribution in [1.82, 2.24) is 0 Å². The highest BCUT2D eigenvalue weighted by Crippen LogP contribution is 2.18. The van der Waals surface area contributed by atoms with Crippen molar-refractivity contribution >= 4 is 15.7 Å². The zero-order valence-electron chi connectivity index (χ0n) is 10.1. The van der Waals surface area contributed by atoms with Crippen molar-refractivity contribution in [3.8, 4) is 0 Å². The van der Waals surface area contributed by atoms with Gasteiger partial charge in [-0.2, -0.15) is 8.42 Å². The van der Waals surface area contributed by atoms with Crippen molar-refractivity contribution in [1.29, 1.82) is 0 Å². The maximum Gasteiger partial charge on any atom is 0.299 e. The predicted octanol–water partition coefficient (Wildman–Crippen LogP) is 3.61. The van der Waals surface area contributed by atoms with Gasteiger partial charge in [0.05, 0.1) is 10.6 Å². The van der Waals surface area contributed by atoms with Gasteiger partial charge in [-0.15, -0.1) is 5.11 Å². The van der Waals surface area contributed by atoms with Crippen LogP contribution >= 0.6 is 0 Å². The Bertz CT molecular complexity index is 692. The van der Waals surface area contributed by atoms with Gasteiger partial charge in [0.25, 0.3) is 10.0 Å². The van der Waals surface area contributed by atoms with Crippen molar-refractivity contribution in [3.05, 3.63) is 59.9 Å². The number of halogens is 1. The van der Waals surface area contributed by atoms with Crippen LogP contribution in [0.25, 0.3) is 0 Å². The Morgan fingerprint density at radius 3 is 2.11 bits per heavy atom. The molecule has 0 aromatic heterocycles. The first-order valence-electron chi connectivity index (χ1n) is 5.48. The van der Waals surface area contributed by atoms with Gasteiger partial charge < -0.3 is 0 Å². The normalized spacial score (nSPS) is 11.9. The molecule has 0 fully saturated rings. The Balaban J connectivity index is 2.26. The summed E-state index contributed by atoms with van der Waals surface area (Å²) in [6, 6.07) is 11.4. The van der Waals surface area contributed by atoms with Crippen LogP contribution in [0.5, 0.6) is 0 Å². The minimum absolute atomic E-state index is 0.0731. The summed E-state index contributed by atoms with van der Waals surface area (Å²) in [7, 11) is -3.82. The van der Waals surface area contributed by atoms with E-state index in [2.05, 4.69) is 9.63 Å². The van der Waals surface area contributed by atoms with Gasteiger partial charge in [-0.1, -0.05) is 22.2 Å². The van der Waals surface area contributed by atoms with Crippen LogP contribution in [0.15, 0.2) is 63.1 Å². The second-order valence-corrected chi connectivity index (χ2v) is 5.53. The zero-order chi connectivity index (χ0) is 13.9. The fourth-order valence-corrected chi connectivity index (χ4v) is 2.14. The lowest BCUT2D eigenvalue weighted by Gasteiger charge is -1.98. The highest BCUT2D eigenvalue weighted by Gasteiger charge is 2.12. The molecule has 0 N–H and O–H groups in total. The number of hydrogen-bond donors (Lipinski definition) is 0. The summed E-state index contributed by atoms with van der Waals surface area (Å²) in [4.78, 5) is 0.0731. The standard InChI is InChI=1S/C13H11FN2O2S/c1-10-2-8-13(9-3-10)19(17,18)16-15-12-6-4-11(14)5-7-12/h2-9H,1H3. The lowest BCUT2D eigenvalue weighted by molar-refractivity contribution is 0.595. The smallest absolute Gasteiger partial charge is 0.207 e. The molecule has 0 atom stereocenters. The third kappa shape index (κ3) is 3.45. The molecule has 19 heavy (non-hydrogen) atoms. The number of rotatable bonds is 3.